The number of hydrogen-bond donors (Lipinski definition) is 1. The second-order valence-corrected chi connectivity index (χ2v) is 2.67. The lowest BCUT2D eigenvalue weighted by atomic mass is 10.1. The van der Waals surface area contributed by atoms with Crippen molar-refractivity contribution in [2.75, 3.05) is 5.73 Å². The van der Waals surface area contributed by atoms with E-state index in [0.29, 0.717) is 5.82 Å². The topological polar surface area (TPSA) is 51.3 Å². The lowest BCUT2D eigenvalue weighted by Crippen LogP contribution is -1.90. The van der Waals surface area contributed by atoms with Crippen LogP contribution < -0.4 is 5.73 Å². The third kappa shape index (κ3) is 2.55. The molecule has 1 heterocycles. The third-order valence-corrected chi connectivity index (χ3v) is 1.70. The Labute approximate surface area is 83.7 Å². The number of nitrogens with zero attached hydrogens (tertiary/aromatic N) is 2. The number of anilines is 1. The molecule has 0 spiro atoms. The van der Waals surface area contributed by atoms with Gasteiger partial charge >= 0.3 is 0 Å². The number of hydrogen-bond acceptors (Lipinski definition) is 3. The first-order valence-electron chi connectivity index (χ1n) is 4.30. The van der Waals surface area contributed by atoms with Crippen LogP contribution in [0.3, 0.4) is 0 Å². The first kappa shape index (κ1) is 10.2. The minimum atomic E-state index is 0.510. The number of allylic oxidation sites excluding steroid dienone is 2. The zero-order chi connectivity index (χ0) is 10.4. The van der Waals surface area contributed by atoms with Gasteiger partial charge in [0.15, 0.2) is 0 Å². The third-order valence-electron chi connectivity index (χ3n) is 1.70. The van der Waals surface area contributed by atoms with Gasteiger partial charge < -0.3 is 5.73 Å². The van der Waals surface area contributed by atoms with Crippen molar-refractivity contribution in [1.29, 1.82) is 0 Å². The summed E-state index contributed by atoms with van der Waals surface area (Å²) >= 11 is 0. The summed E-state index contributed by atoms with van der Waals surface area (Å²) < 4.78 is 0. The van der Waals surface area contributed by atoms with Crippen LogP contribution in [-0.2, 0) is 0 Å². The Morgan fingerprint density at radius 1 is 1.57 bits per heavy atom. The summed E-state index contributed by atoms with van der Waals surface area (Å²) in [6.45, 7) is 5.57. The van der Waals surface area contributed by atoms with Crippen molar-refractivity contribution in [3.63, 3.8) is 0 Å². The largest absolute Gasteiger partial charge is 0.384 e. The molecule has 2 N–H and O–H groups in total. The van der Waals surface area contributed by atoms with Crippen LogP contribution >= 0.6 is 0 Å². The summed E-state index contributed by atoms with van der Waals surface area (Å²) in [6.07, 6.45) is 6.89. The number of rotatable bonds is 3. The molecular weight excluding hydrogens is 174 g/mol. The van der Waals surface area contributed by atoms with Crippen molar-refractivity contribution in [2.24, 2.45) is 4.99 Å². The van der Waals surface area contributed by atoms with Crippen molar-refractivity contribution in [3.8, 4) is 0 Å². The Bertz CT molecular complexity index is 361. The van der Waals surface area contributed by atoms with E-state index in [0.717, 1.165) is 11.1 Å². The molecule has 0 saturated carbocycles. The summed E-state index contributed by atoms with van der Waals surface area (Å²) in [6, 6.07) is 3.64. The van der Waals surface area contributed by atoms with Gasteiger partial charge in [-0.05, 0) is 19.1 Å². The SMILES string of the molecule is C=C/C(=C\N=CC)c1ccc(N)nc1. The van der Waals surface area contributed by atoms with E-state index in [2.05, 4.69) is 16.6 Å². The quantitative estimate of drug-likeness (QED) is 0.583. The fraction of sp³-hybridized carbons (Fsp3) is 0.0909. The fourth-order valence-electron chi connectivity index (χ4n) is 0.976. The molecule has 3 nitrogen and oxygen atoms in total. The molecule has 0 aliphatic heterocycles. The van der Waals surface area contributed by atoms with Crippen LogP contribution in [0.15, 0.2) is 42.2 Å². The maximum absolute atomic E-state index is 5.48. The van der Waals surface area contributed by atoms with E-state index >= 15 is 0 Å². The molecule has 0 bridgehead atoms. The van der Waals surface area contributed by atoms with Gasteiger partial charge in [0.25, 0.3) is 0 Å². The van der Waals surface area contributed by atoms with Crippen LogP contribution in [0.1, 0.15) is 12.5 Å². The molecule has 0 aliphatic rings. The summed E-state index contributed by atoms with van der Waals surface area (Å²) in [4.78, 5) is 8.02. The Morgan fingerprint density at radius 3 is 2.86 bits per heavy atom. The molecule has 72 valence electrons. The van der Waals surface area contributed by atoms with E-state index < -0.39 is 0 Å². The molecule has 0 amide bonds. The zero-order valence-corrected chi connectivity index (χ0v) is 8.14. The summed E-state index contributed by atoms with van der Waals surface area (Å²) in [5.74, 6) is 0.510. The maximum Gasteiger partial charge on any atom is 0.123 e. The molecule has 0 aliphatic carbocycles. The number of aromatic nitrogens is 1. The van der Waals surface area contributed by atoms with Crippen molar-refractivity contribution in [1.82, 2.24) is 4.98 Å². The van der Waals surface area contributed by atoms with Gasteiger partial charge in [-0.2, -0.15) is 0 Å². The molecule has 1 aromatic heterocycles. The molecule has 3 heteroatoms. The highest BCUT2D eigenvalue weighted by atomic mass is 14.8. The normalized spacial score (nSPS) is 11.9. The highest BCUT2D eigenvalue weighted by Gasteiger charge is 1.96. The minimum absolute atomic E-state index is 0.510. The minimum Gasteiger partial charge on any atom is -0.384 e. The van der Waals surface area contributed by atoms with Gasteiger partial charge in [-0.25, -0.2) is 4.98 Å². The van der Waals surface area contributed by atoms with Crippen LogP contribution in [-0.4, -0.2) is 11.2 Å². The van der Waals surface area contributed by atoms with Gasteiger partial charge in [0, 0.05) is 29.7 Å². The van der Waals surface area contributed by atoms with E-state index in [9.17, 15) is 0 Å². The smallest absolute Gasteiger partial charge is 0.123 e. The van der Waals surface area contributed by atoms with Crippen LogP contribution in [0.25, 0.3) is 5.57 Å². The molecule has 0 aromatic carbocycles. The predicted molar refractivity (Wildman–Crippen MR) is 61.0 cm³/mol. The van der Waals surface area contributed by atoms with Crippen molar-refractivity contribution in [3.05, 3.63) is 42.7 Å². The number of nitrogens with two attached hydrogens (primary N) is 1. The zero-order valence-electron chi connectivity index (χ0n) is 8.14. The highest BCUT2D eigenvalue weighted by Crippen LogP contribution is 2.14. The Morgan fingerprint density at radius 2 is 2.36 bits per heavy atom. The second-order valence-electron chi connectivity index (χ2n) is 2.67. The van der Waals surface area contributed by atoms with E-state index in [1.54, 1.807) is 30.8 Å². The molecule has 0 fully saturated rings. The standard InChI is InChI=1S/C11H13N3/c1-3-9(7-13-4-2)10-5-6-11(12)14-8-10/h3-8H,1H2,2H3,(H2,12,14)/b9-7+,13-4?. The summed E-state index contributed by atoms with van der Waals surface area (Å²) in [7, 11) is 0. The van der Waals surface area contributed by atoms with Gasteiger partial charge in [0.05, 0.1) is 0 Å². The maximum atomic E-state index is 5.48. The van der Waals surface area contributed by atoms with E-state index in [-0.39, 0.29) is 0 Å². The fourth-order valence-corrected chi connectivity index (χ4v) is 0.976. The van der Waals surface area contributed by atoms with Crippen LogP contribution in [0, 0.1) is 0 Å². The van der Waals surface area contributed by atoms with Crippen LogP contribution in [0.5, 0.6) is 0 Å². The van der Waals surface area contributed by atoms with Gasteiger partial charge in [-0.1, -0.05) is 12.7 Å². The monoisotopic (exact) mass is 187 g/mol. The lowest BCUT2D eigenvalue weighted by molar-refractivity contribution is 1.32. The molecule has 0 atom stereocenters. The van der Waals surface area contributed by atoms with E-state index in [1.807, 2.05) is 13.0 Å². The molecule has 0 radical (unpaired) electrons. The molecule has 1 aromatic rings. The summed E-state index contributed by atoms with van der Waals surface area (Å²) in [5.41, 5.74) is 7.37. The predicted octanol–water partition coefficient (Wildman–Crippen LogP) is 2.28. The molecule has 0 saturated heterocycles. The molecule has 1 rings (SSSR count). The van der Waals surface area contributed by atoms with Crippen LogP contribution in [0.2, 0.25) is 0 Å². The van der Waals surface area contributed by atoms with Gasteiger partial charge in [0.2, 0.25) is 0 Å². The van der Waals surface area contributed by atoms with Crippen molar-refractivity contribution in [2.45, 2.75) is 6.92 Å². The molecule has 14 heavy (non-hydrogen) atoms. The van der Waals surface area contributed by atoms with Crippen molar-refractivity contribution < 1.29 is 0 Å². The second kappa shape index (κ2) is 4.97. The van der Waals surface area contributed by atoms with Crippen LogP contribution in [0.4, 0.5) is 5.82 Å². The molecule has 0 unspecified atom stereocenters. The number of pyridine rings is 1. The first-order valence-corrected chi connectivity index (χ1v) is 4.30. The summed E-state index contributed by atoms with van der Waals surface area (Å²) in [5, 5.41) is 0. The van der Waals surface area contributed by atoms with Crippen molar-refractivity contribution >= 4 is 17.6 Å². The van der Waals surface area contributed by atoms with Gasteiger partial charge in [0.1, 0.15) is 5.82 Å². The Hall–Kier alpha value is -1.90. The number of nitrogen functional groups attached to an aromatic ring is 1. The highest BCUT2D eigenvalue weighted by molar-refractivity contribution is 5.74. The molecular formula is C11H13N3. The Kier molecular flexibility index (Phi) is 3.61. The van der Waals surface area contributed by atoms with E-state index in [1.165, 1.54) is 0 Å². The lowest BCUT2D eigenvalue weighted by Gasteiger charge is -2.00. The average Bonchev–Trinajstić information content (AvgIpc) is 2.21. The number of aliphatic imine (C=N–C) groups is 1. The first-order chi connectivity index (χ1) is 6.77. The van der Waals surface area contributed by atoms with Gasteiger partial charge in [-0.3, -0.25) is 4.99 Å². The average molecular weight is 187 g/mol. The Balaban J connectivity index is 3.01. The van der Waals surface area contributed by atoms with Gasteiger partial charge in [-0.15, -0.1) is 0 Å². The van der Waals surface area contributed by atoms with E-state index in [4.69, 9.17) is 5.73 Å².